The molecule has 112 valence electrons. The number of hydrogen-bond donors (Lipinski definition) is 0. The molecule has 3 heterocycles. The Morgan fingerprint density at radius 1 is 1.10 bits per heavy atom. The molecule has 0 spiro atoms. The van der Waals surface area contributed by atoms with Gasteiger partial charge in [-0.1, -0.05) is 6.92 Å². The van der Waals surface area contributed by atoms with Gasteiger partial charge in [-0.05, 0) is 46.3 Å². The molecule has 0 bridgehead atoms. The highest BCUT2D eigenvalue weighted by molar-refractivity contribution is 5.06. The summed E-state index contributed by atoms with van der Waals surface area (Å²) in [6.07, 6.45) is 2.46. The van der Waals surface area contributed by atoms with Gasteiger partial charge in [0.2, 0.25) is 0 Å². The predicted molar refractivity (Wildman–Crippen MR) is 79.7 cm³/mol. The molecule has 0 amide bonds. The Hall–Kier alpha value is -0.940. The SMILES string of the molecule is CCN1CCn2c(nnc2C2CCN(C(C)C)CC2)C1. The molecule has 0 atom stereocenters. The van der Waals surface area contributed by atoms with Gasteiger partial charge in [-0.3, -0.25) is 4.90 Å². The van der Waals surface area contributed by atoms with Crippen molar-refractivity contribution < 1.29 is 0 Å². The van der Waals surface area contributed by atoms with Gasteiger partial charge in [0.1, 0.15) is 11.6 Å². The summed E-state index contributed by atoms with van der Waals surface area (Å²) in [6, 6.07) is 0.668. The number of rotatable bonds is 3. The Bertz CT molecular complexity index is 445. The third-order valence-corrected chi connectivity index (χ3v) is 4.93. The topological polar surface area (TPSA) is 37.2 Å². The highest BCUT2D eigenvalue weighted by atomic mass is 15.3. The zero-order chi connectivity index (χ0) is 14.1. The highest BCUT2D eigenvalue weighted by Crippen LogP contribution is 2.29. The Morgan fingerprint density at radius 2 is 1.85 bits per heavy atom. The number of hydrogen-bond acceptors (Lipinski definition) is 4. The standard InChI is InChI=1S/C15H27N5/c1-4-18-9-10-20-14(11-18)16-17-15(20)13-5-7-19(8-6-13)12(2)3/h12-13H,4-11H2,1-3H3. The fourth-order valence-electron chi connectivity index (χ4n) is 3.48. The fraction of sp³-hybridized carbons (Fsp3) is 0.867. The second kappa shape index (κ2) is 5.82. The van der Waals surface area contributed by atoms with Crippen LogP contribution in [0.15, 0.2) is 0 Å². The van der Waals surface area contributed by atoms with Crippen molar-refractivity contribution in [1.29, 1.82) is 0 Å². The summed E-state index contributed by atoms with van der Waals surface area (Å²) in [4.78, 5) is 5.01. The lowest BCUT2D eigenvalue weighted by Crippen LogP contribution is -2.39. The minimum atomic E-state index is 0.611. The van der Waals surface area contributed by atoms with Gasteiger partial charge in [0, 0.05) is 25.0 Å². The van der Waals surface area contributed by atoms with Crippen molar-refractivity contribution >= 4 is 0 Å². The van der Waals surface area contributed by atoms with Crippen molar-refractivity contribution in [3.05, 3.63) is 11.6 Å². The first kappa shape index (κ1) is 14.0. The molecule has 20 heavy (non-hydrogen) atoms. The Balaban J connectivity index is 1.69. The molecule has 5 heteroatoms. The first-order chi connectivity index (χ1) is 9.69. The molecule has 0 N–H and O–H groups in total. The van der Waals surface area contributed by atoms with Crippen LogP contribution in [-0.4, -0.2) is 56.8 Å². The van der Waals surface area contributed by atoms with E-state index in [2.05, 4.69) is 45.3 Å². The molecule has 0 aliphatic carbocycles. The van der Waals surface area contributed by atoms with Crippen LogP contribution in [0, 0.1) is 0 Å². The second-order valence-electron chi connectivity index (χ2n) is 6.40. The van der Waals surface area contributed by atoms with Crippen molar-refractivity contribution in [3.63, 3.8) is 0 Å². The minimum absolute atomic E-state index is 0.611. The van der Waals surface area contributed by atoms with E-state index in [-0.39, 0.29) is 0 Å². The molecule has 3 rings (SSSR count). The molecule has 1 aromatic rings. The van der Waals surface area contributed by atoms with E-state index in [9.17, 15) is 0 Å². The van der Waals surface area contributed by atoms with Crippen LogP contribution in [0.3, 0.4) is 0 Å². The largest absolute Gasteiger partial charge is 0.312 e. The molecule has 1 fully saturated rings. The molecule has 1 aromatic heterocycles. The molecule has 0 radical (unpaired) electrons. The van der Waals surface area contributed by atoms with Gasteiger partial charge in [0.25, 0.3) is 0 Å². The molecule has 1 saturated heterocycles. The van der Waals surface area contributed by atoms with Crippen LogP contribution in [0.5, 0.6) is 0 Å². The maximum absolute atomic E-state index is 4.53. The lowest BCUT2D eigenvalue weighted by atomic mass is 9.95. The summed E-state index contributed by atoms with van der Waals surface area (Å²) < 4.78 is 2.39. The van der Waals surface area contributed by atoms with Gasteiger partial charge in [-0.25, -0.2) is 0 Å². The summed E-state index contributed by atoms with van der Waals surface area (Å²) in [6.45, 7) is 13.5. The van der Waals surface area contributed by atoms with Crippen molar-refractivity contribution in [1.82, 2.24) is 24.6 Å². The molecule has 2 aliphatic rings. The molecular formula is C15H27N5. The lowest BCUT2D eigenvalue weighted by Gasteiger charge is -2.35. The number of aromatic nitrogens is 3. The van der Waals surface area contributed by atoms with Gasteiger partial charge < -0.3 is 9.47 Å². The van der Waals surface area contributed by atoms with Gasteiger partial charge in [0.15, 0.2) is 0 Å². The Labute approximate surface area is 122 Å². The molecule has 0 saturated carbocycles. The molecule has 5 nitrogen and oxygen atoms in total. The number of nitrogens with zero attached hydrogens (tertiary/aromatic N) is 5. The maximum Gasteiger partial charge on any atom is 0.147 e. The fourth-order valence-corrected chi connectivity index (χ4v) is 3.48. The van der Waals surface area contributed by atoms with E-state index < -0.39 is 0 Å². The monoisotopic (exact) mass is 277 g/mol. The van der Waals surface area contributed by atoms with Crippen molar-refractivity contribution in [2.24, 2.45) is 0 Å². The van der Waals surface area contributed by atoms with Crippen molar-refractivity contribution in [2.75, 3.05) is 26.2 Å². The molecule has 2 aliphatic heterocycles. The Morgan fingerprint density at radius 3 is 2.50 bits per heavy atom. The van der Waals surface area contributed by atoms with Gasteiger partial charge in [-0.15, -0.1) is 10.2 Å². The number of piperidine rings is 1. The van der Waals surface area contributed by atoms with Gasteiger partial charge in [-0.2, -0.15) is 0 Å². The molecule has 0 aromatic carbocycles. The van der Waals surface area contributed by atoms with Crippen LogP contribution in [0.25, 0.3) is 0 Å². The summed E-state index contributed by atoms with van der Waals surface area (Å²) in [5, 5.41) is 8.97. The number of fused-ring (bicyclic) bond motifs is 1. The first-order valence-electron chi connectivity index (χ1n) is 8.07. The average Bonchev–Trinajstić information content (AvgIpc) is 2.90. The van der Waals surface area contributed by atoms with Crippen molar-refractivity contribution in [3.8, 4) is 0 Å². The first-order valence-corrected chi connectivity index (χ1v) is 8.07. The Kier molecular flexibility index (Phi) is 4.08. The lowest BCUT2D eigenvalue weighted by molar-refractivity contribution is 0.166. The smallest absolute Gasteiger partial charge is 0.147 e. The summed E-state index contributed by atoms with van der Waals surface area (Å²) in [5.41, 5.74) is 0. The van der Waals surface area contributed by atoms with E-state index in [1.807, 2.05) is 0 Å². The zero-order valence-corrected chi connectivity index (χ0v) is 13.0. The summed E-state index contributed by atoms with van der Waals surface area (Å²) >= 11 is 0. The summed E-state index contributed by atoms with van der Waals surface area (Å²) in [5.74, 6) is 3.03. The van der Waals surface area contributed by atoms with E-state index in [0.29, 0.717) is 12.0 Å². The van der Waals surface area contributed by atoms with E-state index in [1.165, 1.54) is 37.6 Å². The summed E-state index contributed by atoms with van der Waals surface area (Å²) in [7, 11) is 0. The molecule has 0 unspecified atom stereocenters. The predicted octanol–water partition coefficient (Wildman–Crippen LogP) is 1.70. The third kappa shape index (κ3) is 2.61. The van der Waals surface area contributed by atoms with Crippen LogP contribution in [0.2, 0.25) is 0 Å². The normalized spacial score (nSPS) is 22.4. The van der Waals surface area contributed by atoms with E-state index >= 15 is 0 Å². The zero-order valence-electron chi connectivity index (χ0n) is 13.0. The van der Waals surface area contributed by atoms with Crippen molar-refractivity contribution in [2.45, 2.75) is 58.7 Å². The van der Waals surface area contributed by atoms with Crippen LogP contribution in [0.4, 0.5) is 0 Å². The maximum atomic E-state index is 4.53. The van der Waals surface area contributed by atoms with Crippen LogP contribution in [0.1, 0.15) is 51.2 Å². The van der Waals surface area contributed by atoms with E-state index in [4.69, 9.17) is 0 Å². The van der Waals surface area contributed by atoms with E-state index in [0.717, 1.165) is 26.2 Å². The van der Waals surface area contributed by atoms with Crippen LogP contribution < -0.4 is 0 Å². The average molecular weight is 277 g/mol. The van der Waals surface area contributed by atoms with Gasteiger partial charge in [0.05, 0.1) is 6.54 Å². The van der Waals surface area contributed by atoms with Gasteiger partial charge >= 0.3 is 0 Å². The minimum Gasteiger partial charge on any atom is -0.312 e. The van der Waals surface area contributed by atoms with Crippen LogP contribution >= 0.6 is 0 Å². The molecular weight excluding hydrogens is 250 g/mol. The number of likely N-dealkylation sites (tertiary alicyclic amines) is 1. The van der Waals surface area contributed by atoms with Crippen LogP contribution in [-0.2, 0) is 13.1 Å². The second-order valence-corrected chi connectivity index (χ2v) is 6.40. The van der Waals surface area contributed by atoms with E-state index in [1.54, 1.807) is 0 Å². The quantitative estimate of drug-likeness (QED) is 0.843. The highest BCUT2D eigenvalue weighted by Gasteiger charge is 2.28. The third-order valence-electron chi connectivity index (χ3n) is 4.93. The number of likely N-dealkylation sites (N-methyl/N-ethyl adjacent to an activating group) is 1.